The molecule has 0 atom stereocenters. The molecule has 0 aliphatic rings. The largest absolute Gasteiger partial charge is 0.467 e. The summed E-state index contributed by atoms with van der Waals surface area (Å²) in [5, 5.41) is 2.80. The Hall–Kier alpha value is -2.12. The minimum atomic E-state index is -0.0594. The molecule has 8 heteroatoms. The number of amides is 1. The van der Waals surface area contributed by atoms with Gasteiger partial charge in [0.1, 0.15) is 0 Å². The maximum Gasteiger partial charge on any atom is 0.324 e. The number of aromatic nitrogens is 3. The quantitative estimate of drug-likeness (QED) is 0.751. The van der Waals surface area contributed by atoms with E-state index in [1.54, 1.807) is 11.9 Å². The Balaban J connectivity index is 2.69. The third-order valence-corrected chi connectivity index (χ3v) is 2.26. The molecule has 0 saturated heterocycles. The van der Waals surface area contributed by atoms with Gasteiger partial charge in [-0.3, -0.25) is 4.79 Å². The van der Waals surface area contributed by atoms with E-state index in [9.17, 15) is 4.79 Å². The van der Waals surface area contributed by atoms with Gasteiger partial charge in [-0.15, -0.1) is 4.98 Å². The zero-order chi connectivity index (χ0) is 13.5. The van der Waals surface area contributed by atoms with Crippen molar-refractivity contribution in [2.24, 2.45) is 0 Å². The van der Waals surface area contributed by atoms with Crippen molar-refractivity contribution in [1.82, 2.24) is 19.9 Å². The van der Waals surface area contributed by atoms with Crippen LogP contribution in [0.3, 0.4) is 0 Å². The highest BCUT2D eigenvalue weighted by Gasteiger charge is 2.10. The number of nitrogens with zero attached hydrogens (tertiary/aromatic N) is 4. The third-order valence-electron chi connectivity index (χ3n) is 2.26. The van der Waals surface area contributed by atoms with Crippen molar-refractivity contribution in [3.63, 3.8) is 0 Å². The van der Waals surface area contributed by atoms with Crippen molar-refractivity contribution in [3.05, 3.63) is 0 Å². The maximum absolute atomic E-state index is 11.6. The summed E-state index contributed by atoms with van der Waals surface area (Å²) >= 11 is 0. The number of rotatable bonds is 6. The maximum atomic E-state index is 11.6. The second-order valence-corrected chi connectivity index (χ2v) is 3.39. The Labute approximate surface area is 105 Å². The number of hydrogen-bond donors (Lipinski definition) is 1. The van der Waals surface area contributed by atoms with E-state index in [4.69, 9.17) is 9.47 Å². The Morgan fingerprint density at radius 2 is 1.78 bits per heavy atom. The second-order valence-electron chi connectivity index (χ2n) is 3.39. The van der Waals surface area contributed by atoms with Crippen LogP contribution in [0.1, 0.15) is 6.92 Å². The van der Waals surface area contributed by atoms with E-state index in [-0.39, 0.29) is 30.4 Å². The van der Waals surface area contributed by atoms with E-state index in [2.05, 4.69) is 20.3 Å². The van der Waals surface area contributed by atoms with Gasteiger partial charge in [0.2, 0.25) is 11.9 Å². The Bertz CT molecular complexity index is 390. The molecule has 0 saturated carbocycles. The first-order valence-electron chi connectivity index (χ1n) is 5.42. The zero-order valence-electron chi connectivity index (χ0n) is 10.9. The third kappa shape index (κ3) is 3.72. The lowest BCUT2D eigenvalue weighted by Crippen LogP contribution is -2.32. The first-order valence-corrected chi connectivity index (χ1v) is 5.42. The van der Waals surface area contributed by atoms with Crippen LogP contribution in [0.5, 0.6) is 12.0 Å². The summed E-state index contributed by atoms with van der Waals surface area (Å²) < 4.78 is 9.79. The van der Waals surface area contributed by atoms with Gasteiger partial charge in [-0.25, -0.2) is 0 Å². The summed E-state index contributed by atoms with van der Waals surface area (Å²) in [6, 6.07) is 0.251. The molecule has 0 aromatic carbocycles. The van der Waals surface area contributed by atoms with Crippen LogP contribution in [0, 0.1) is 0 Å². The summed E-state index contributed by atoms with van der Waals surface area (Å²) in [7, 11) is 4.60. The molecule has 0 aliphatic heterocycles. The van der Waals surface area contributed by atoms with Crippen LogP contribution < -0.4 is 14.8 Å². The molecular weight excluding hydrogens is 238 g/mol. The topological polar surface area (TPSA) is 89.5 Å². The second kappa shape index (κ2) is 6.58. The van der Waals surface area contributed by atoms with Crippen LogP contribution >= 0.6 is 0 Å². The Kier molecular flexibility index (Phi) is 5.09. The first-order chi connectivity index (χ1) is 8.60. The van der Waals surface area contributed by atoms with E-state index < -0.39 is 0 Å². The molecule has 100 valence electrons. The molecule has 1 aromatic rings. The van der Waals surface area contributed by atoms with E-state index in [0.29, 0.717) is 6.54 Å². The molecule has 0 fully saturated rings. The SMILES string of the molecule is CCN(C)C(=O)CNc1nc(OC)nc(OC)n1. The zero-order valence-corrected chi connectivity index (χ0v) is 10.9. The van der Waals surface area contributed by atoms with Crippen LogP contribution in [0.2, 0.25) is 0 Å². The average Bonchev–Trinajstić information content (AvgIpc) is 2.43. The first kappa shape index (κ1) is 13.9. The molecule has 0 bridgehead atoms. The lowest BCUT2D eigenvalue weighted by molar-refractivity contribution is -0.127. The number of methoxy groups -OCH3 is 2. The van der Waals surface area contributed by atoms with Gasteiger partial charge in [0.05, 0.1) is 20.8 Å². The van der Waals surface area contributed by atoms with Crippen molar-refractivity contribution >= 4 is 11.9 Å². The molecular formula is C10H17N5O3. The molecule has 0 aliphatic carbocycles. The van der Waals surface area contributed by atoms with Crippen molar-refractivity contribution in [2.45, 2.75) is 6.92 Å². The number of carbonyl (C=O) groups is 1. The van der Waals surface area contributed by atoms with E-state index >= 15 is 0 Å². The predicted octanol–water partition coefficient (Wildman–Crippen LogP) is -0.221. The van der Waals surface area contributed by atoms with E-state index in [1.807, 2.05) is 6.92 Å². The van der Waals surface area contributed by atoms with Crippen molar-refractivity contribution < 1.29 is 14.3 Å². The fourth-order valence-electron chi connectivity index (χ4n) is 1.07. The molecule has 0 unspecified atom stereocenters. The fraction of sp³-hybridized carbons (Fsp3) is 0.600. The van der Waals surface area contributed by atoms with Crippen LogP contribution in [0.4, 0.5) is 5.95 Å². The van der Waals surface area contributed by atoms with Crippen molar-refractivity contribution in [1.29, 1.82) is 0 Å². The molecule has 8 nitrogen and oxygen atoms in total. The number of likely N-dealkylation sites (N-methyl/N-ethyl adjacent to an activating group) is 1. The van der Waals surface area contributed by atoms with Gasteiger partial charge >= 0.3 is 12.0 Å². The Morgan fingerprint density at radius 3 is 2.22 bits per heavy atom. The van der Waals surface area contributed by atoms with Crippen LogP contribution in [0.15, 0.2) is 0 Å². The van der Waals surface area contributed by atoms with E-state index in [0.717, 1.165) is 0 Å². The number of ether oxygens (including phenoxy) is 2. The summed E-state index contributed by atoms with van der Waals surface area (Å²) in [5.41, 5.74) is 0. The minimum absolute atomic E-state index is 0.0594. The summed E-state index contributed by atoms with van der Waals surface area (Å²) in [6.45, 7) is 2.64. The highest BCUT2D eigenvalue weighted by molar-refractivity contribution is 5.80. The van der Waals surface area contributed by atoms with Gasteiger partial charge in [0.25, 0.3) is 0 Å². The predicted molar refractivity (Wildman–Crippen MR) is 64.7 cm³/mol. The molecule has 1 heterocycles. The molecule has 0 radical (unpaired) electrons. The van der Waals surface area contributed by atoms with Gasteiger partial charge in [0.15, 0.2) is 0 Å². The van der Waals surface area contributed by atoms with Gasteiger partial charge in [0, 0.05) is 13.6 Å². The standard InChI is InChI=1S/C10H17N5O3/c1-5-15(2)7(16)6-11-8-12-9(17-3)14-10(13-8)18-4/h5-6H2,1-4H3,(H,11,12,13,14). The average molecular weight is 255 g/mol. The van der Waals surface area contributed by atoms with Crippen LogP contribution in [0.25, 0.3) is 0 Å². The number of carbonyl (C=O) groups excluding carboxylic acids is 1. The lowest BCUT2D eigenvalue weighted by Gasteiger charge is -2.14. The Morgan fingerprint density at radius 1 is 1.22 bits per heavy atom. The summed E-state index contributed by atoms with van der Waals surface area (Å²) in [5.74, 6) is 0.174. The molecule has 18 heavy (non-hydrogen) atoms. The van der Waals surface area contributed by atoms with Crippen molar-refractivity contribution in [3.8, 4) is 12.0 Å². The molecule has 1 aromatic heterocycles. The number of anilines is 1. The normalized spacial score (nSPS) is 9.78. The monoisotopic (exact) mass is 255 g/mol. The molecule has 1 N–H and O–H groups in total. The van der Waals surface area contributed by atoms with Gasteiger partial charge in [-0.05, 0) is 6.92 Å². The fourth-order valence-corrected chi connectivity index (χ4v) is 1.07. The summed E-state index contributed by atoms with van der Waals surface area (Å²) in [6.07, 6.45) is 0. The highest BCUT2D eigenvalue weighted by Crippen LogP contribution is 2.11. The highest BCUT2D eigenvalue weighted by atomic mass is 16.5. The summed E-state index contributed by atoms with van der Waals surface area (Å²) in [4.78, 5) is 24.9. The number of nitrogens with one attached hydrogen (secondary N) is 1. The van der Waals surface area contributed by atoms with Gasteiger partial charge < -0.3 is 19.7 Å². The van der Waals surface area contributed by atoms with Crippen LogP contribution in [-0.4, -0.2) is 60.1 Å². The molecule has 1 rings (SSSR count). The number of hydrogen-bond acceptors (Lipinski definition) is 7. The van der Waals surface area contributed by atoms with Crippen LogP contribution in [-0.2, 0) is 4.79 Å². The van der Waals surface area contributed by atoms with Gasteiger partial charge in [-0.1, -0.05) is 0 Å². The molecule has 0 spiro atoms. The van der Waals surface area contributed by atoms with Gasteiger partial charge in [-0.2, -0.15) is 9.97 Å². The lowest BCUT2D eigenvalue weighted by atomic mass is 10.5. The smallest absolute Gasteiger partial charge is 0.324 e. The van der Waals surface area contributed by atoms with Crippen molar-refractivity contribution in [2.75, 3.05) is 39.7 Å². The molecule has 1 amide bonds. The van der Waals surface area contributed by atoms with E-state index in [1.165, 1.54) is 14.2 Å². The minimum Gasteiger partial charge on any atom is -0.467 e.